The maximum Gasteiger partial charge on any atom is 0.260 e. The van der Waals surface area contributed by atoms with Gasteiger partial charge in [-0.3, -0.25) is 0 Å². The van der Waals surface area contributed by atoms with Gasteiger partial charge in [-0.05, 0) is 66.9 Å². The summed E-state index contributed by atoms with van der Waals surface area (Å²) < 4.78 is 5.22. The van der Waals surface area contributed by atoms with E-state index in [1.165, 1.54) is 38.5 Å². The second kappa shape index (κ2) is 3.24. The molecule has 0 saturated heterocycles. The Morgan fingerprint density at radius 2 is 1.71 bits per heavy atom. The number of hydrogen-bond donors (Lipinski definition) is 1. The van der Waals surface area contributed by atoms with Gasteiger partial charge in [-0.1, -0.05) is 0 Å². The lowest BCUT2D eigenvalue weighted by molar-refractivity contribution is -0.0556. The van der Waals surface area contributed by atoms with Gasteiger partial charge in [0, 0.05) is 6.42 Å². The van der Waals surface area contributed by atoms with E-state index in [2.05, 4.69) is 10.1 Å². The molecule has 0 aromatic carbocycles. The molecule has 5 rings (SSSR count). The Morgan fingerprint density at radius 1 is 1.12 bits per heavy atom. The van der Waals surface area contributed by atoms with E-state index >= 15 is 0 Å². The van der Waals surface area contributed by atoms with Gasteiger partial charge in [0.15, 0.2) is 0 Å². The van der Waals surface area contributed by atoms with E-state index in [1.54, 1.807) is 0 Å². The fraction of sp³-hybridized carbons (Fsp3) is 0.846. The van der Waals surface area contributed by atoms with Crippen LogP contribution in [0.25, 0.3) is 0 Å². The van der Waals surface area contributed by atoms with E-state index in [0.717, 1.165) is 30.1 Å². The summed E-state index contributed by atoms with van der Waals surface area (Å²) in [6.45, 7) is 0. The molecule has 0 aliphatic heterocycles. The average molecular weight is 233 g/mol. The van der Waals surface area contributed by atoms with Gasteiger partial charge >= 0.3 is 0 Å². The Bertz CT molecular complexity index is 404. The highest BCUT2D eigenvalue weighted by atomic mass is 16.5. The number of nitrogens with zero attached hydrogens (tertiary/aromatic N) is 2. The second-order valence-corrected chi connectivity index (χ2v) is 6.64. The van der Waals surface area contributed by atoms with Crippen LogP contribution < -0.4 is 5.73 Å². The fourth-order valence-corrected chi connectivity index (χ4v) is 5.17. The summed E-state index contributed by atoms with van der Waals surface area (Å²) in [4.78, 5) is 4.19. The first-order valence-corrected chi connectivity index (χ1v) is 6.79. The van der Waals surface area contributed by atoms with Gasteiger partial charge in [0.2, 0.25) is 5.89 Å². The van der Waals surface area contributed by atoms with Crippen molar-refractivity contribution in [3.8, 4) is 0 Å². The lowest BCUT2D eigenvalue weighted by Gasteiger charge is -2.56. The summed E-state index contributed by atoms with van der Waals surface area (Å²) in [5, 5.41) is 3.71. The van der Waals surface area contributed by atoms with Crippen molar-refractivity contribution in [1.82, 2.24) is 10.1 Å². The molecule has 4 saturated carbocycles. The summed E-state index contributed by atoms with van der Waals surface area (Å²) in [5.74, 6) is 3.96. The lowest BCUT2D eigenvalue weighted by atomic mass is 9.49. The van der Waals surface area contributed by atoms with Gasteiger partial charge in [0.1, 0.15) is 0 Å². The Kier molecular flexibility index (Phi) is 1.89. The van der Waals surface area contributed by atoms with Crippen LogP contribution in [0.4, 0.5) is 5.95 Å². The van der Waals surface area contributed by atoms with Crippen molar-refractivity contribution >= 4 is 5.95 Å². The summed E-state index contributed by atoms with van der Waals surface area (Å²) >= 11 is 0. The fourth-order valence-electron chi connectivity index (χ4n) is 5.17. The van der Waals surface area contributed by atoms with Crippen molar-refractivity contribution < 1.29 is 4.52 Å². The molecule has 0 unspecified atom stereocenters. The highest BCUT2D eigenvalue weighted by molar-refractivity contribution is 5.12. The molecule has 2 N–H and O–H groups in total. The number of nitrogens with two attached hydrogens (primary N) is 1. The number of anilines is 1. The molecule has 4 fully saturated rings. The molecule has 0 radical (unpaired) electrons. The van der Waals surface area contributed by atoms with Crippen LogP contribution in [-0.2, 0) is 6.42 Å². The quantitative estimate of drug-likeness (QED) is 0.852. The third kappa shape index (κ3) is 1.57. The average Bonchev–Trinajstić information content (AvgIpc) is 2.60. The Labute approximate surface area is 101 Å². The van der Waals surface area contributed by atoms with E-state index in [4.69, 9.17) is 10.3 Å². The monoisotopic (exact) mass is 233 g/mol. The molecule has 4 heteroatoms. The minimum Gasteiger partial charge on any atom is -0.365 e. The minimum atomic E-state index is 0.282. The third-order valence-corrected chi connectivity index (χ3v) is 5.18. The first-order valence-electron chi connectivity index (χ1n) is 6.79. The van der Waals surface area contributed by atoms with E-state index in [-0.39, 0.29) is 5.95 Å². The molecule has 17 heavy (non-hydrogen) atoms. The van der Waals surface area contributed by atoms with Crippen molar-refractivity contribution in [1.29, 1.82) is 0 Å². The third-order valence-electron chi connectivity index (χ3n) is 5.18. The van der Waals surface area contributed by atoms with Crippen molar-refractivity contribution in [2.75, 3.05) is 5.73 Å². The van der Waals surface area contributed by atoms with E-state index < -0.39 is 0 Å². The highest BCUT2D eigenvalue weighted by Gasteiger charge is 2.51. The first kappa shape index (κ1) is 9.92. The standard InChI is InChI=1S/C13H19N3O/c14-12-15-11(17-16-12)7-13-4-8-1-9(5-13)3-10(2-8)6-13/h8-10H,1-7H2,(H2,14,16). The van der Waals surface area contributed by atoms with Crippen LogP contribution in [-0.4, -0.2) is 10.1 Å². The van der Waals surface area contributed by atoms with Gasteiger partial charge < -0.3 is 10.3 Å². The van der Waals surface area contributed by atoms with Gasteiger partial charge in [0.05, 0.1) is 0 Å². The van der Waals surface area contributed by atoms with Gasteiger partial charge in [-0.25, -0.2) is 0 Å². The zero-order chi connectivity index (χ0) is 11.5. The Morgan fingerprint density at radius 3 is 2.18 bits per heavy atom. The Balaban J connectivity index is 1.60. The largest absolute Gasteiger partial charge is 0.365 e. The zero-order valence-electron chi connectivity index (χ0n) is 10.1. The maximum absolute atomic E-state index is 5.53. The van der Waals surface area contributed by atoms with Crippen LogP contribution >= 0.6 is 0 Å². The number of hydrogen-bond acceptors (Lipinski definition) is 4. The zero-order valence-corrected chi connectivity index (χ0v) is 10.1. The molecule has 4 aliphatic carbocycles. The molecule has 0 atom stereocenters. The number of aromatic nitrogens is 2. The SMILES string of the molecule is Nc1noc(CC23CC4CC(CC(C4)C2)C3)n1. The van der Waals surface area contributed by atoms with Crippen LogP contribution in [0.5, 0.6) is 0 Å². The molecule has 1 aromatic heterocycles. The van der Waals surface area contributed by atoms with E-state index in [1.807, 2.05) is 0 Å². The Hall–Kier alpha value is -1.06. The van der Waals surface area contributed by atoms with Crippen LogP contribution in [0.2, 0.25) is 0 Å². The highest BCUT2D eigenvalue weighted by Crippen LogP contribution is 2.60. The van der Waals surface area contributed by atoms with E-state index in [0.29, 0.717) is 5.41 Å². The summed E-state index contributed by atoms with van der Waals surface area (Å²) in [7, 11) is 0. The predicted octanol–water partition coefficient (Wildman–Crippen LogP) is 2.41. The van der Waals surface area contributed by atoms with Gasteiger partial charge in [-0.15, -0.1) is 0 Å². The van der Waals surface area contributed by atoms with Crippen molar-refractivity contribution in [3.05, 3.63) is 5.89 Å². The predicted molar refractivity (Wildman–Crippen MR) is 63.0 cm³/mol. The van der Waals surface area contributed by atoms with Crippen LogP contribution in [0.15, 0.2) is 4.52 Å². The molecule has 4 bridgehead atoms. The van der Waals surface area contributed by atoms with Gasteiger partial charge in [0.25, 0.3) is 5.95 Å². The van der Waals surface area contributed by atoms with Crippen LogP contribution in [0.3, 0.4) is 0 Å². The van der Waals surface area contributed by atoms with E-state index in [9.17, 15) is 0 Å². The second-order valence-electron chi connectivity index (χ2n) is 6.64. The molecular weight excluding hydrogens is 214 g/mol. The molecular formula is C13H19N3O. The molecule has 0 spiro atoms. The smallest absolute Gasteiger partial charge is 0.260 e. The number of rotatable bonds is 2. The summed E-state index contributed by atoms with van der Waals surface area (Å²) in [6.07, 6.45) is 9.52. The normalized spacial score (nSPS) is 43.2. The summed E-state index contributed by atoms with van der Waals surface area (Å²) in [6, 6.07) is 0. The molecule has 4 aliphatic rings. The van der Waals surface area contributed by atoms with Crippen molar-refractivity contribution in [2.24, 2.45) is 23.2 Å². The minimum absolute atomic E-state index is 0.282. The molecule has 4 nitrogen and oxygen atoms in total. The molecule has 1 heterocycles. The topological polar surface area (TPSA) is 64.9 Å². The van der Waals surface area contributed by atoms with Crippen molar-refractivity contribution in [3.63, 3.8) is 0 Å². The first-order chi connectivity index (χ1) is 8.21. The van der Waals surface area contributed by atoms with Crippen LogP contribution in [0.1, 0.15) is 44.4 Å². The summed E-state index contributed by atoms with van der Waals surface area (Å²) in [5.41, 5.74) is 6.00. The molecule has 0 amide bonds. The van der Waals surface area contributed by atoms with Gasteiger partial charge in [-0.2, -0.15) is 4.98 Å². The number of nitrogen functional groups attached to an aromatic ring is 1. The maximum atomic E-state index is 5.53. The van der Waals surface area contributed by atoms with Crippen LogP contribution in [0, 0.1) is 23.2 Å². The van der Waals surface area contributed by atoms with Crippen molar-refractivity contribution in [2.45, 2.75) is 44.9 Å². The lowest BCUT2D eigenvalue weighted by Crippen LogP contribution is -2.47. The molecule has 92 valence electrons. The molecule has 1 aromatic rings.